The third-order valence-corrected chi connectivity index (χ3v) is 4.42. The monoisotopic (exact) mass is 351 g/mol. The van der Waals surface area contributed by atoms with Gasteiger partial charge >= 0.3 is 0 Å². The highest BCUT2D eigenvalue weighted by Crippen LogP contribution is 2.44. The molecule has 0 fully saturated rings. The number of halogens is 2. The summed E-state index contributed by atoms with van der Waals surface area (Å²) < 4.78 is 5.15. The minimum absolute atomic E-state index is 0.0268. The van der Waals surface area contributed by atoms with E-state index < -0.39 is 5.41 Å². The molecule has 2 heterocycles. The molecular weight excluding hydrogens is 337 g/mol. The summed E-state index contributed by atoms with van der Waals surface area (Å²) in [5, 5.41) is 0.245. The number of carbonyl (C=O) groups is 1. The Morgan fingerprint density at radius 2 is 1.83 bits per heavy atom. The molecule has 0 unspecified atom stereocenters. The van der Waals surface area contributed by atoms with E-state index in [1.807, 2.05) is 38.1 Å². The summed E-state index contributed by atoms with van der Waals surface area (Å²) >= 11 is 12.1. The van der Waals surface area contributed by atoms with Crippen molar-refractivity contribution in [1.29, 1.82) is 0 Å². The first kappa shape index (κ1) is 16.0. The lowest BCUT2D eigenvalue weighted by Gasteiger charge is -2.19. The van der Waals surface area contributed by atoms with E-state index in [0.717, 1.165) is 11.3 Å². The van der Waals surface area contributed by atoms with Crippen molar-refractivity contribution in [3.05, 3.63) is 45.8 Å². The molecular formula is C16H15Cl2N3O2. The number of fused-ring (bicyclic) bond motifs is 1. The second-order valence-corrected chi connectivity index (χ2v) is 6.54. The lowest BCUT2D eigenvalue weighted by Crippen LogP contribution is -2.35. The van der Waals surface area contributed by atoms with Gasteiger partial charge in [0.15, 0.2) is 0 Å². The van der Waals surface area contributed by atoms with E-state index >= 15 is 0 Å². The summed E-state index contributed by atoms with van der Waals surface area (Å²) in [6.45, 7) is 4.00. The molecule has 0 saturated heterocycles. The first-order valence-corrected chi connectivity index (χ1v) is 7.78. The average Bonchev–Trinajstić information content (AvgIpc) is 2.68. The Labute approximate surface area is 144 Å². The van der Waals surface area contributed by atoms with Gasteiger partial charge in [-0.2, -0.15) is 4.98 Å². The molecule has 0 bridgehead atoms. The van der Waals surface area contributed by atoms with E-state index in [9.17, 15) is 4.79 Å². The predicted molar refractivity (Wildman–Crippen MR) is 89.3 cm³/mol. The highest BCUT2D eigenvalue weighted by Gasteiger charge is 2.47. The van der Waals surface area contributed by atoms with Crippen LogP contribution in [0, 0.1) is 0 Å². The Kier molecular flexibility index (Phi) is 3.94. The molecule has 0 spiro atoms. The van der Waals surface area contributed by atoms with Gasteiger partial charge in [0.25, 0.3) is 0 Å². The van der Waals surface area contributed by atoms with Gasteiger partial charge in [-0.1, -0.05) is 23.7 Å². The molecule has 2 aromatic rings. The van der Waals surface area contributed by atoms with E-state index in [4.69, 9.17) is 27.9 Å². The molecule has 1 aliphatic heterocycles. The van der Waals surface area contributed by atoms with Crippen LogP contribution in [-0.4, -0.2) is 23.0 Å². The average molecular weight is 352 g/mol. The predicted octanol–water partition coefficient (Wildman–Crippen LogP) is 3.62. The maximum Gasteiger partial charge on any atom is 0.238 e. The Bertz CT molecular complexity index is 776. The number of anilines is 1. The van der Waals surface area contributed by atoms with Crippen LogP contribution < -0.4 is 9.64 Å². The zero-order valence-electron chi connectivity index (χ0n) is 12.9. The van der Waals surface area contributed by atoms with Crippen LogP contribution in [0.25, 0.3) is 0 Å². The molecule has 0 radical (unpaired) electrons. The normalized spacial score (nSPS) is 15.7. The number of nitrogens with zero attached hydrogens (tertiary/aromatic N) is 3. The van der Waals surface area contributed by atoms with Crippen molar-refractivity contribution in [3.8, 4) is 5.75 Å². The number of amides is 1. The summed E-state index contributed by atoms with van der Waals surface area (Å²) in [5.41, 5.74) is 0.777. The maximum atomic E-state index is 12.8. The van der Waals surface area contributed by atoms with Crippen molar-refractivity contribution >= 4 is 34.9 Å². The third kappa shape index (κ3) is 2.64. The van der Waals surface area contributed by atoms with Gasteiger partial charge in [0.1, 0.15) is 16.7 Å². The van der Waals surface area contributed by atoms with Crippen molar-refractivity contribution in [3.63, 3.8) is 0 Å². The van der Waals surface area contributed by atoms with E-state index in [2.05, 4.69) is 9.97 Å². The standard InChI is InChI=1S/C16H15Cl2N3O2/c1-16(2)11-12(17)19-15(18)20-13(11)21(14(16)22)8-9-4-6-10(23-3)7-5-9/h4-7H,8H2,1-3H3. The van der Waals surface area contributed by atoms with Gasteiger partial charge in [0.05, 0.1) is 19.1 Å². The molecule has 5 nitrogen and oxygen atoms in total. The van der Waals surface area contributed by atoms with Crippen LogP contribution >= 0.6 is 23.2 Å². The second-order valence-electron chi connectivity index (χ2n) is 5.85. The van der Waals surface area contributed by atoms with Gasteiger partial charge in [-0.25, -0.2) is 4.98 Å². The third-order valence-electron chi connectivity index (χ3n) is 3.98. The zero-order chi connectivity index (χ0) is 16.8. The first-order chi connectivity index (χ1) is 10.8. The zero-order valence-corrected chi connectivity index (χ0v) is 14.4. The minimum atomic E-state index is -0.788. The number of hydrogen-bond acceptors (Lipinski definition) is 4. The summed E-state index contributed by atoms with van der Waals surface area (Å²) in [7, 11) is 1.61. The molecule has 0 atom stereocenters. The molecule has 1 amide bonds. The topological polar surface area (TPSA) is 55.3 Å². The molecule has 0 aliphatic carbocycles. The minimum Gasteiger partial charge on any atom is -0.497 e. The number of ether oxygens (including phenoxy) is 1. The lowest BCUT2D eigenvalue weighted by atomic mass is 9.88. The molecule has 120 valence electrons. The van der Waals surface area contributed by atoms with Crippen molar-refractivity contribution in [2.45, 2.75) is 25.8 Å². The number of methoxy groups -OCH3 is 1. The Morgan fingerprint density at radius 1 is 1.17 bits per heavy atom. The summed E-state index contributed by atoms with van der Waals surface area (Å²) in [4.78, 5) is 22.6. The molecule has 7 heteroatoms. The van der Waals surface area contributed by atoms with Crippen molar-refractivity contribution in [2.75, 3.05) is 12.0 Å². The van der Waals surface area contributed by atoms with Crippen LogP contribution in [0.1, 0.15) is 25.0 Å². The smallest absolute Gasteiger partial charge is 0.238 e. The summed E-state index contributed by atoms with van der Waals surface area (Å²) in [6.07, 6.45) is 0. The van der Waals surface area contributed by atoms with Crippen molar-refractivity contribution in [1.82, 2.24) is 9.97 Å². The van der Waals surface area contributed by atoms with Crippen molar-refractivity contribution in [2.24, 2.45) is 0 Å². The van der Waals surface area contributed by atoms with Crippen LogP contribution in [0.2, 0.25) is 10.4 Å². The SMILES string of the molecule is COc1ccc(CN2C(=O)C(C)(C)c3c(Cl)nc(Cl)nc32)cc1. The summed E-state index contributed by atoms with van der Waals surface area (Å²) in [6, 6.07) is 7.51. The van der Waals surface area contributed by atoms with Gasteiger partial charge in [-0.15, -0.1) is 0 Å². The molecule has 1 aliphatic rings. The van der Waals surface area contributed by atoms with Gasteiger partial charge < -0.3 is 4.74 Å². The van der Waals surface area contributed by atoms with Crippen LogP contribution in [0.3, 0.4) is 0 Å². The molecule has 0 N–H and O–H groups in total. The van der Waals surface area contributed by atoms with Gasteiger partial charge in [0, 0.05) is 5.56 Å². The summed E-state index contributed by atoms with van der Waals surface area (Å²) in [5.74, 6) is 1.15. The fraction of sp³-hybridized carbons (Fsp3) is 0.312. The fourth-order valence-corrected chi connectivity index (χ4v) is 3.34. The van der Waals surface area contributed by atoms with Crippen LogP contribution in [-0.2, 0) is 16.8 Å². The highest BCUT2D eigenvalue weighted by molar-refractivity contribution is 6.33. The van der Waals surface area contributed by atoms with Gasteiger partial charge in [0.2, 0.25) is 11.2 Å². The van der Waals surface area contributed by atoms with E-state index in [-0.39, 0.29) is 16.3 Å². The van der Waals surface area contributed by atoms with Crippen LogP contribution in [0.15, 0.2) is 24.3 Å². The largest absolute Gasteiger partial charge is 0.497 e. The number of aromatic nitrogens is 2. The van der Waals surface area contributed by atoms with E-state index in [0.29, 0.717) is 17.9 Å². The number of carbonyl (C=O) groups excluding carboxylic acids is 1. The fourth-order valence-electron chi connectivity index (χ4n) is 2.73. The lowest BCUT2D eigenvalue weighted by molar-refractivity contribution is -0.122. The number of hydrogen-bond donors (Lipinski definition) is 0. The molecule has 23 heavy (non-hydrogen) atoms. The van der Waals surface area contributed by atoms with Crippen molar-refractivity contribution < 1.29 is 9.53 Å². The number of benzene rings is 1. The van der Waals surface area contributed by atoms with E-state index in [1.54, 1.807) is 12.0 Å². The highest BCUT2D eigenvalue weighted by atomic mass is 35.5. The quantitative estimate of drug-likeness (QED) is 0.625. The molecule has 1 aromatic carbocycles. The van der Waals surface area contributed by atoms with Crippen LogP contribution in [0.5, 0.6) is 5.75 Å². The second kappa shape index (κ2) is 5.65. The Balaban J connectivity index is 2.02. The molecule has 3 rings (SSSR count). The van der Waals surface area contributed by atoms with E-state index in [1.165, 1.54) is 0 Å². The van der Waals surface area contributed by atoms with Crippen LogP contribution in [0.4, 0.5) is 5.82 Å². The Morgan fingerprint density at radius 3 is 2.43 bits per heavy atom. The number of rotatable bonds is 3. The molecule has 0 saturated carbocycles. The molecule has 1 aromatic heterocycles. The first-order valence-electron chi connectivity index (χ1n) is 7.03. The van der Waals surface area contributed by atoms with Gasteiger partial charge in [-0.3, -0.25) is 9.69 Å². The maximum absolute atomic E-state index is 12.8. The Hall–Kier alpha value is -1.85. The van der Waals surface area contributed by atoms with Gasteiger partial charge in [-0.05, 0) is 43.1 Å².